The molecule has 0 aliphatic heterocycles. The normalized spacial score (nSPS) is 17.6. The third-order valence-electron chi connectivity index (χ3n) is 6.85. The molecule has 1 fully saturated rings. The molecule has 0 radical (unpaired) electrons. The summed E-state index contributed by atoms with van der Waals surface area (Å²) in [5.74, 6) is -0.384. The van der Waals surface area contributed by atoms with Crippen LogP contribution in [0.5, 0.6) is 5.75 Å². The molecule has 10 nitrogen and oxygen atoms in total. The van der Waals surface area contributed by atoms with E-state index in [0.29, 0.717) is 49.4 Å². The summed E-state index contributed by atoms with van der Waals surface area (Å²) in [6.07, 6.45) is 6.17. The molecule has 3 aromatic heterocycles. The van der Waals surface area contributed by atoms with Crippen molar-refractivity contribution in [1.82, 2.24) is 35.0 Å². The Balaban J connectivity index is 1.33. The van der Waals surface area contributed by atoms with Crippen molar-refractivity contribution in [2.24, 2.45) is 13.0 Å². The first-order valence-corrected chi connectivity index (χ1v) is 12.7. The van der Waals surface area contributed by atoms with Crippen LogP contribution in [0.15, 0.2) is 48.7 Å². The summed E-state index contributed by atoms with van der Waals surface area (Å²) in [5, 5.41) is 26.7. The Hall–Kier alpha value is -4.08. The lowest BCUT2D eigenvalue weighted by molar-refractivity contribution is -0.143. The van der Waals surface area contributed by atoms with Crippen LogP contribution in [0.3, 0.4) is 0 Å². The van der Waals surface area contributed by atoms with Gasteiger partial charge in [0.05, 0.1) is 41.3 Å². The fraction of sp³-hybridized carbons (Fsp3) is 0.407. The quantitative estimate of drug-likeness (QED) is 0.369. The van der Waals surface area contributed by atoms with E-state index in [9.17, 15) is 9.90 Å². The molecule has 37 heavy (non-hydrogen) atoms. The highest BCUT2D eigenvalue weighted by Gasteiger charge is 2.29. The van der Waals surface area contributed by atoms with Gasteiger partial charge in [0.2, 0.25) is 0 Å². The van der Waals surface area contributed by atoms with Crippen molar-refractivity contribution < 1.29 is 14.6 Å². The number of carbonyl (C=O) groups is 1. The lowest BCUT2D eigenvalue weighted by atomic mass is 9.87. The largest absolute Gasteiger partial charge is 0.488 e. The molecule has 0 saturated heterocycles. The van der Waals surface area contributed by atoms with Crippen LogP contribution in [0.25, 0.3) is 11.4 Å². The lowest BCUT2D eigenvalue weighted by Gasteiger charge is -2.28. The first-order valence-electron chi connectivity index (χ1n) is 12.7. The zero-order valence-corrected chi connectivity index (χ0v) is 21.1. The highest BCUT2D eigenvalue weighted by atomic mass is 16.5. The third kappa shape index (κ3) is 5.68. The Bertz CT molecular complexity index is 1370. The van der Waals surface area contributed by atoms with Crippen molar-refractivity contribution in [2.45, 2.75) is 58.1 Å². The van der Waals surface area contributed by atoms with Gasteiger partial charge in [-0.1, -0.05) is 47.7 Å². The fourth-order valence-electron chi connectivity index (χ4n) is 4.85. The van der Waals surface area contributed by atoms with E-state index in [2.05, 4.69) is 32.8 Å². The molecular formula is C27H31N7O3. The van der Waals surface area contributed by atoms with Crippen LogP contribution in [-0.2, 0) is 31.2 Å². The number of nitrogens with zero attached hydrogens (tertiary/aromatic N) is 7. The summed E-state index contributed by atoms with van der Waals surface area (Å²) in [7, 11) is 1.85. The minimum absolute atomic E-state index is 0.114. The molecule has 4 aromatic rings. The SMILES string of the molecule is CCc1nc(-c2nnn(C)c2Cn2cc(Cc3ccccc3)nn2)ccc1O[C@H]1CCC[C@H](C(=O)O)C1. The Labute approximate surface area is 215 Å². The molecule has 3 heterocycles. The van der Waals surface area contributed by atoms with Crippen molar-refractivity contribution in [1.29, 1.82) is 0 Å². The molecule has 0 spiro atoms. The van der Waals surface area contributed by atoms with Gasteiger partial charge in [-0.25, -0.2) is 14.3 Å². The second-order valence-corrected chi connectivity index (χ2v) is 9.51. The van der Waals surface area contributed by atoms with Gasteiger partial charge >= 0.3 is 5.97 Å². The minimum atomic E-state index is -0.743. The van der Waals surface area contributed by atoms with E-state index in [1.165, 1.54) is 5.56 Å². The van der Waals surface area contributed by atoms with E-state index in [4.69, 9.17) is 9.72 Å². The van der Waals surface area contributed by atoms with E-state index in [1.54, 1.807) is 9.36 Å². The molecule has 0 unspecified atom stereocenters. The smallest absolute Gasteiger partial charge is 0.306 e. The average molecular weight is 502 g/mol. The Morgan fingerprint density at radius 1 is 1.11 bits per heavy atom. The highest BCUT2D eigenvalue weighted by Crippen LogP contribution is 2.31. The molecule has 0 bridgehead atoms. The van der Waals surface area contributed by atoms with Crippen molar-refractivity contribution in [3.8, 4) is 17.1 Å². The second-order valence-electron chi connectivity index (χ2n) is 9.51. The molecule has 1 N–H and O–H groups in total. The summed E-state index contributed by atoms with van der Waals surface area (Å²) < 4.78 is 9.77. The zero-order valence-electron chi connectivity index (χ0n) is 21.1. The van der Waals surface area contributed by atoms with Crippen LogP contribution in [0, 0.1) is 5.92 Å². The van der Waals surface area contributed by atoms with Crippen molar-refractivity contribution in [2.75, 3.05) is 0 Å². The summed E-state index contributed by atoms with van der Waals surface area (Å²) in [6.45, 7) is 2.49. The van der Waals surface area contributed by atoms with E-state index in [-0.39, 0.29) is 12.0 Å². The van der Waals surface area contributed by atoms with Crippen molar-refractivity contribution in [3.63, 3.8) is 0 Å². The first kappa shape index (κ1) is 24.6. The van der Waals surface area contributed by atoms with Crippen LogP contribution in [-0.4, -0.2) is 52.2 Å². The number of carboxylic acid groups (broad SMARTS) is 1. The number of pyridine rings is 1. The number of aryl methyl sites for hydroxylation is 2. The maximum Gasteiger partial charge on any atom is 0.306 e. The first-order chi connectivity index (χ1) is 18.0. The van der Waals surface area contributed by atoms with Crippen molar-refractivity contribution >= 4 is 5.97 Å². The van der Waals surface area contributed by atoms with E-state index >= 15 is 0 Å². The molecule has 2 atom stereocenters. The topological polar surface area (TPSA) is 121 Å². The monoisotopic (exact) mass is 501 g/mol. The Morgan fingerprint density at radius 3 is 2.73 bits per heavy atom. The number of aromatic nitrogens is 7. The molecule has 5 rings (SSSR count). The van der Waals surface area contributed by atoms with Gasteiger partial charge in [-0.05, 0) is 49.8 Å². The predicted octanol–water partition coefficient (Wildman–Crippen LogP) is 3.69. The maximum absolute atomic E-state index is 11.4. The minimum Gasteiger partial charge on any atom is -0.488 e. The van der Waals surface area contributed by atoms with Gasteiger partial charge < -0.3 is 9.84 Å². The average Bonchev–Trinajstić information content (AvgIpc) is 3.51. The second kappa shape index (κ2) is 10.9. The lowest BCUT2D eigenvalue weighted by Crippen LogP contribution is -2.29. The number of rotatable bonds is 9. The highest BCUT2D eigenvalue weighted by molar-refractivity contribution is 5.70. The number of benzene rings is 1. The summed E-state index contributed by atoms with van der Waals surface area (Å²) in [4.78, 5) is 16.3. The number of hydrogen-bond donors (Lipinski definition) is 1. The van der Waals surface area contributed by atoms with Gasteiger partial charge in [-0.2, -0.15) is 0 Å². The number of hydrogen-bond acceptors (Lipinski definition) is 7. The van der Waals surface area contributed by atoms with Gasteiger partial charge in [0.25, 0.3) is 0 Å². The zero-order chi connectivity index (χ0) is 25.8. The molecule has 1 saturated carbocycles. The number of aliphatic carboxylic acids is 1. The summed E-state index contributed by atoms with van der Waals surface area (Å²) >= 11 is 0. The van der Waals surface area contributed by atoms with Crippen LogP contribution < -0.4 is 4.74 Å². The van der Waals surface area contributed by atoms with Gasteiger partial charge in [-0.3, -0.25) is 4.79 Å². The van der Waals surface area contributed by atoms with E-state index in [0.717, 1.165) is 29.9 Å². The maximum atomic E-state index is 11.4. The molecule has 1 aliphatic carbocycles. The molecule has 1 aromatic carbocycles. The number of ether oxygens (including phenoxy) is 1. The summed E-state index contributed by atoms with van der Waals surface area (Å²) in [5.41, 5.74) is 5.16. The van der Waals surface area contributed by atoms with Crippen LogP contribution in [0.4, 0.5) is 0 Å². The molecule has 0 amide bonds. The van der Waals surface area contributed by atoms with Gasteiger partial charge in [0.15, 0.2) is 0 Å². The van der Waals surface area contributed by atoms with E-state index < -0.39 is 5.97 Å². The Morgan fingerprint density at radius 2 is 1.95 bits per heavy atom. The molecular weight excluding hydrogens is 470 g/mol. The van der Waals surface area contributed by atoms with Crippen LogP contribution >= 0.6 is 0 Å². The third-order valence-corrected chi connectivity index (χ3v) is 6.85. The standard InChI is InChI=1S/C27H31N7O3/c1-3-22-25(37-21-11-7-10-19(15-21)27(35)36)13-12-23(28-22)26-24(33(2)31-30-26)17-34-16-20(29-32-34)14-18-8-5-4-6-9-18/h4-6,8-9,12-13,16,19,21H,3,7,10-11,14-15,17H2,1-2H3,(H,35,36)/t19-,21-/m0/s1. The van der Waals surface area contributed by atoms with Gasteiger partial charge in [0, 0.05) is 19.7 Å². The van der Waals surface area contributed by atoms with Crippen LogP contribution in [0.2, 0.25) is 0 Å². The van der Waals surface area contributed by atoms with Crippen LogP contribution in [0.1, 0.15) is 55.3 Å². The fourth-order valence-corrected chi connectivity index (χ4v) is 4.85. The van der Waals surface area contributed by atoms with Gasteiger partial charge in [-0.15, -0.1) is 10.2 Å². The molecule has 10 heteroatoms. The summed E-state index contributed by atoms with van der Waals surface area (Å²) in [6, 6.07) is 14.0. The van der Waals surface area contributed by atoms with Gasteiger partial charge in [0.1, 0.15) is 11.4 Å². The van der Waals surface area contributed by atoms with Crippen molar-refractivity contribution in [3.05, 3.63) is 71.3 Å². The van der Waals surface area contributed by atoms with E-state index in [1.807, 2.05) is 50.5 Å². The number of carboxylic acids is 1. The Kier molecular flexibility index (Phi) is 7.25. The molecule has 192 valence electrons. The predicted molar refractivity (Wildman–Crippen MR) is 136 cm³/mol. The molecule has 1 aliphatic rings.